The number of aromatic nitrogens is 2. The first-order chi connectivity index (χ1) is 8.34. The number of ether oxygens (including phenoxy) is 1. The van der Waals surface area contributed by atoms with Crippen molar-refractivity contribution in [3.8, 4) is 5.88 Å². The summed E-state index contributed by atoms with van der Waals surface area (Å²) in [5, 5.41) is 4.41. The average molecular weight is 270 g/mol. The van der Waals surface area contributed by atoms with Crippen molar-refractivity contribution < 1.29 is 4.74 Å². The lowest BCUT2D eigenvalue weighted by Gasteiger charge is -2.36. The van der Waals surface area contributed by atoms with Crippen molar-refractivity contribution >= 4 is 10.0 Å². The van der Waals surface area contributed by atoms with Gasteiger partial charge < -0.3 is 4.74 Å². The van der Waals surface area contributed by atoms with Crippen LogP contribution in [0.1, 0.15) is 39.2 Å². The largest absolute Gasteiger partial charge is 0.477 e. The molecule has 0 atom stereocenters. The molecule has 0 radical (unpaired) electrons. The zero-order valence-corrected chi connectivity index (χ0v) is 13.1. The van der Waals surface area contributed by atoms with E-state index in [9.17, 15) is 0 Å². The van der Waals surface area contributed by atoms with Crippen LogP contribution < -0.4 is 4.74 Å². The van der Waals surface area contributed by atoms with Gasteiger partial charge in [-0.3, -0.25) is 4.68 Å². The molecule has 1 heterocycles. The van der Waals surface area contributed by atoms with E-state index in [1.54, 1.807) is 0 Å². The maximum Gasteiger partial charge on any atom is 0.232 e. The summed E-state index contributed by atoms with van der Waals surface area (Å²) in [7, 11) is -0.460. The van der Waals surface area contributed by atoms with Gasteiger partial charge in [0.15, 0.2) is 0 Å². The molecule has 0 saturated heterocycles. The van der Waals surface area contributed by atoms with Crippen molar-refractivity contribution in [3.05, 3.63) is 12.3 Å². The van der Waals surface area contributed by atoms with E-state index >= 15 is 0 Å². The Kier molecular flexibility index (Phi) is 3.67. The Hall–Kier alpha value is -0.640. The highest BCUT2D eigenvalue weighted by Gasteiger charge is 2.48. The van der Waals surface area contributed by atoms with Gasteiger partial charge in [-0.15, -0.1) is 5.10 Å². The predicted octanol–water partition coefficient (Wildman–Crippen LogP) is 3.46. The van der Waals surface area contributed by atoms with Gasteiger partial charge in [-0.1, -0.05) is 0 Å². The first kappa shape index (κ1) is 13.8. The van der Waals surface area contributed by atoms with E-state index < -0.39 is 10.0 Å². The molecular formula is C14H26N2OS. The van der Waals surface area contributed by atoms with E-state index in [1.807, 2.05) is 16.9 Å². The van der Waals surface area contributed by atoms with Gasteiger partial charge in [0.1, 0.15) is 0 Å². The molecule has 1 saturated carbocycles. The summed E-state index contributed by atoms with van der Waals surface area (Å²) in [6.45, 7) is 5.05. The minimum atomic E-state index is -0.460. The van der Waals surface area contributed by atoms with E-state index in [0.29, 0.717) is 10.8 Å². The molecule has 0 aromatic carbocycles. The third kappa shape index (κ3) is 2.85. The Morgan fingerprint density at radius 2 is 2.06 bits per heavy atom. The van der Waals surface area contributed by atoms with Crippen LogP contribution in [0.4, 0.5) is 0 Å². The number of hydrogen-bond donors (Lipinski definition) is 0. The van der Waals surface area contributed by atoms with Crippen molar-refractivity contribution in [1.82, 2.24) is 9.78 Å². The molecule has 1 aliphatic rings. The van der Waals surface area contributed by atoms with Crippen LogP contribution >= 0.6 is 10.0 Å². The van der Waals surface area contributed by atoms with E-state index in [4.69, 9.17) is 4.74 Å². The summed E-state index contributed by atoms with van der Waals surface area (Å²) in [4.78, 5) is 0. The zero-order chi connectivity index (χ0) is 13.4. The first-order valence-electron chi connectivity index (χ1n) is 6.70. The lowest BCUT2D eigenvalue weighted by Crippen LogP contribution is -2.20. The highest BCUT2D eigenvalue weighted by Crippen LogP contribution is 2.66. The molecule has 0 bridgehead atoms. The van der Waals surface area contributed by atoms with E-state index in [0.717, 1.165) is 12.5 Å². The third-order valence-corrected chi connectivity index (χ3v) is 7.24. The normalized spacial score (nSPS) is 19.0. The summed E-state index contributed by atoms with van der Waals surface area (Å²) in [5.41, 5.74) is 0. The third-order valence-electron chi connectivity index (χ3n) is 4.03. The van der Waals surface area contributed by atoms with Gasteiger partial charge in [-0.25, -0.2) is 10.0 Å². The van der Waals surface area contributed by atoms with E-state index in [1.165, 1.54) is 19.3 Å². The van der Waals surface area contributed by atoms with Gasteiger partial charge in [-0.05, 0) is 51.9 Å². The Balaban J connectivity index is 1.82. The van der Waals surface area contributed by atoms with Crippen molar-refractivity contribution in [2.45, 2.75) is 43.9 Å². The quantitative estimate of drug-likeness (QED) is 0.791. The highest BCUT2D eigenvalue weighted by atomic mass is 32.3. The van der Waals surface area contributed by atoms with Crippen LogP contribution in [0, 0.1) is 0 Å². The van der Waals surface area contributed by atoms with E-state index in [2.05, 4.69) is 37.7 Å². The maximum absolute atomic E-state index is 5.79. The summed E-state index contributed by atoms with van der Waals surface area (Å²) >= 11 is 0. The molecule has 1 aromatic heterocycles. The Morgan fingerprint density at radius 3 is 2.50 bits per heavy atom. The smallest absolute Gasteiger partial charge is 0.232 e. The van der Waals surface area contributed by atoms with Crippen molar-refractivity contribution in [1.29, 1.82) is 0 Å². The summed E-state index contributed by atoms with van der Waals surface area (Å²) in [5.74, 6) is 0.767. The van der Waals surface area contributed by atoms with Crippen LogP contribution in [0.3, 0.4) is 0 Å². The summed E-state index contributed by atoms with van der Waals surface area (Å²) in [6, 6.07) is 2.36. The average Bonchev–Trinajstić information content (AvgIpc) is 2.89. The summed E-state index contributed by atoms with van der Waals surface area (Å²) < 4.78 is 8.32. The molecular weight excluding hydrogens is 244 g/mol. The minimum absolute atomic E-state index is 0.399. The second kappa shape index (κ2) is 4.80. The van der Waals surface area contributed by atoms with Crippen LogP contribution in [0.5, 0.6) is 5.88 Å². The fraction of sp³-hybridized carbons (Fsp3) is 0.786. The standard InChI is InChI=1S/C14H26N2OS/c1-12(2)16-10-6-13(15-16)17-11-9-14(7-8-14)18(3,4)5/h6,10,12H,7-9,11H2,1-5H3. The van der Waals surface area contributed by atoms with Gasteiger partial charge >= 0.3 is 0 Å². The molecule has 18 heavy (non-hydrogen) atoms. The van der Waals surface area contributed by atoms with Gasteiger partial charge in [-0.2, -0.15) is 0 Å². The lowest BCUT2D eigenvalue weighted by atomic mass is 10.3. The molecule has 0 aliphatic heterocycles. The molecule has 104 valence electrons. The van der Waals surface area contributed by atoms with Crippen molar-refractivity contribution in [3.63, 3.8) is 0 Å². The fourth-order valence-corrected chi connectivity index (χ4v) is 4.36. The molecule has 0 amide bonds. The predicted molar refractivity (Wildman–Crippen MR) is 80.1 cm³/mol. The molecule has 0 N–H and O–H groups in total. The van der Waals surface area contributed by atoms with E-state index in [-0.39, 0.29) is 0 Å². The van der Waals surface area contributed by atoms with Crippen molar-refractivity contribution in [2.24, 2.45) is 0 Å². The van der Waals surface area contributed by atoms with Gasteiger partial charge in [0.25, 0.3) is 0 Å². The molecule has 0 unspecified atom stereocenters. The van der Waals surface area contributed by atoms with Crippen LogP contribution in [-0.2, 0) is 0 Å². The van der Waals surface area contributed by atoms with Crippen LogP contribution in [0.2, 0.25) is 0 Å². The van der Waals surface area contributed by atoms with Crippen LogP contribution in [0.15, 0.2) is 12.3 Å². The number of rotatable bonds is 6. The fourth-order valence-electron chi connectivity index (χ4n) is 2.33. The van der Waals surface area contributed by atoms with Gasteiger partial charge in [0, 0.05) is 23.1 Å². The minimum Gasteiger partial charge on any atom is -0.477 e. The lowest BCUT2D eigenvalue weighted by molar-refractivity contribution is 0.289. The van der Waals surface area contributed by atoms with Gasteiger partial charge in [0.05, 0.1) is 6.61 Å². The second-order valence-corrected chi connectivity index (χ2v) is 10.9. The molecule has 2 rings (SSSR count). The molecule has 1 fully saturated rings. The molecule has 1 aromatic rings. The van der Waals surface area contributed by atoms with Crippen molar-refractivity contribution in [2.75, 3.05) is 25.4 Å². The Morgan fingerprint density at radius 1 is 1.39 bits per heavy atom. The Labute approximate surface area is 112 Å². The first-order valence-corrected chi connectivity index (χ1v) is 9.56. The maximum atomic E-state index is 5.79. The SMILES string of the molecule is CC(C)n1ccc(OCCC2(S(C)(C)C)CC2)n1. The molecule has 4 heteroatoms. The molecule has 1 aliphatic carbocycles. The molecule has 0 spiro atoms. The topological polar surface area (TPSA) is 27.1 Å². The zero-order valence-electron chi connectivity index (χ0n) is 12.3. The Bertz CT molecular complexity index is 402. The number of nitrogens with zero attached hydrogens (tertiary/aromatic N) is 2. The molecule has 3 nitrogen and oxygen atoms in total. The summed E-state index contributed by atoms with van der Waals surface area (Å²) in [6.07, 6.45) is 13.2. The van der Waals surface area contributed by atoms with Crippen LogP contribution in [0.25, 0.3) is 0 Å². The van der Waals surface area contributed by atoms with Crippen LogP contribution in [-0.4, -0.2) is 39.9 Å². The van der Waals surface area contributed by atoms with Gasteiger partial charge in [0.2, 0.25) is 5.88 Å². The highest BCUT2D eigenvalue weighted by molar-refractivity contribution is 8.33. The number of hydrogen-bond acceptors (Lipinski definition) is 2. The monoisotopic (exact) mass is 270 g/mol. The second-order valence-electron chi connectivity index (χ2n) is 6.35.